The average molecular weight is 1300 g/mol. The summed E-state index contributed by atoms with van der Waals surface area (Å²) >= 11 is 0. The van der Waals surface area contributed by atoms with E-state index in [1.165, 1.54) is 135 Å². The molecule has 0 aliphatic rings. The maximum Gasteiger partial charge on any atom is 0.472 e. The van der Waals surface area contributed by atoms with Gasteiger partial charge in [-0.25, -0.2) is 9.13 Å². The van der Waals surface area contributed by atoms with E-state index in [9.17, 15) is 43.2 Å². The van der Waals surface area contributed by atoms with Gasteiger partial charge in [0.1, 0.15) is 19.3 Å². The fourth-order valence-electron chi connectivity index (χ4n) is 10.3. The molecule has 7 atom stereocenters. The summed E-state index contributed by atoms with van der Waals surface area (Å²) in [6, 6.07) is 0. The van der Waals surface area contributed by atoms with Crippen LogP contribution in [0.4, 0.5) is 0 Å². The molecule has 4 unspecified atom stereocenters. The summed E-state index contributed by atoms with van der Waals surface area (Å²) < 4.78 is 68.1. The first kappa shape index (κ1) is 86.1. The van der Waals surface area contributed by atoms with Crippen molar-refractivity contribution in [1.29, 1.82) is 0 Å². The van der Waals surface area contributed by atoms with Crippen LogP contribution in [0, 0.1) is 17.8 Å². The van der Waals surface area contributed by atoms with Gasteiger partial charge in [-0.15, -0.1) is 0 Å². The fourth-order valence-corrected chi connectivity index (χ4v) is 11.9. The molecule has 0 heterocycles. The lowest BCUT2D eigenvalue weighted by molar-refractivity contribution is -0.161. The number of phosphoric ester groups is 2. The molecule has 0 bridgehead atoms. The summed E-state index contributed by atoms with van der Waals surface area (Å²) in [7, 11) is -9.89. The monoisotopic (exact) mass is 1300 g/mol. The second-order valence-corrected chi connectivity index (χ2v) is 28.8. The second-order valence-electron chi connectivity index (χ2n) is 25.9. The van der Waals surface area contributed by atoms with Crippen molar-refractivity contribution in [1.82, 2.24) is 0 Å². The van der Waals surface area contributed by atoms with Gasteiger partial charge in [0.05, 0.1) is 26.4 Å². The Morgan fingerprint density at radius 3 is 0.864 bits per heavy atom. The summed E-state index contributed by atoms with van der Waals surface area (Å²) in [5.41, 5.74) is 0. The van der Waals surface area contributed by atoms with Crippen molar-refractivity contribution in [3.8, 4) is 0 Å². The molecule has 0 aliphatic heterocycles. The van der Waals surface area contributed by atoms with Gasteiger partial charge < -0.3 is 33.8 Å². The van der Waals surface area contributed by atoms with Crippen molar-refractivity contribution in [2.75, 3.05) is 39.6 Å². The molecular weight excluding hydrogens is 1160 g/mol. The molecule has 3 N–H and O–H groups in total. The number of phosphoric acid groups is 2. The maximum atomic E-state index is 13.0. The van der Waals surface area contributed by atoms with Crippen LogP contribution in [0.1, 0.15) is 344 Å². The van der Waals surface area contributed by atoms with Crippen LogP contribution < -0.4 is 0 Å². The number of hydrogen-bond donors (Lipinski definition) is 3. The minimum absolute atomic E-state index is 0.102. The summed E-state index contributed by atoms with van der Waals surface area (Å²) in [4.78, 5) is 72.3. The highest BCUT2D eigenvalue weighted by Gasteiger charge is 2.30. The third kappa shape index (κ3) is 60.3. The molecule has 0 radical (unpaired) electrons. The number of esters is 4. The Hall–Kier alpha value is -1.94. The molecule has 0 amide bonds. The van der Waals surface area contributed by atoms with Crippen LogP contribution >= 0.6 is 15.6 Å². The smallest absolute Gasteiger partial charge is 0.462 e. The van der Waals surface area contributed by atoms with E-state index in [-0.39, 0.29) is 25.7 Å². The summed E-state index contributed by atoms with van der Waals surface area (Å²) in [5.74, 6) is 0.134. The van der Waals surface area contributed by atoms with Crippen molar-refractivity contribution < 1.29 is 80.2 Å². The highest BCUT2D eigenvalue weighted by molar-refractivity contribution is 7.47. The van der Waals surface area contributed by atoms with Crippen molar-refractivity contribution in [3.63, 3.8) is 0 Å². The quantitative estimate of drug-likeness (QED) is 0.0222. The fraction of sp³-hybridized carbons (Fsp3) is 0.942. The molecule has 0 saturated carbocycles. The standard InChI is InChI=1S/C69H134O17P2/c1-8-11-12-13-26-36-43-50-66(71)79-56-65(86-69(74)53-46-39-32-30-35-42-49-62(7)10-3)59-84-88(77,78)82-55-63(70)54-81-87(75,76)83-58-64(57-80-67(72)51-44-37-31-29-34-41-48-61(6)9-2)85-68(73)52-45-38-28-25-23-21-19-17-15-14-16-18-20-22-24-27-33-40-47-60(4)5/h60-65,70H,8-59H2,1-7H3,(H,75,76)(H,77,78)/t61?,62?,63-,64-,65-/m1/s1. The van der Waals surface area contributed by atoms with Crippen LogP contribution in [0.2, 0.25) is 0 Å². The topological polar surface area (TPSA) is 237 Å². The van der Waals surface area contributed by atoms with Gasteiger partial charge in [0.15, 0.2) is 12.2 Å². The van der Waals surface area contributed by atoms with Gasteiger partial charge in [0, 0.05) is 25.7 Å². The molecular formula is C69H134O17P2. The number of carbonyl (C=O) groups is 4. The molecule has 88 heavy (non-hydrogen) atoms. The van der Waals surface area contributed by atoms with E-state index in [2.05, 4.69) is 48.5 Å². The van der Waals surface area contributed by atoms with Crippen molar-refractivity contribution >= 4 is 39.5 Å². The van der Waals surface area contributed by atoms with Crippen LogP contribution in [-0.4, -0.2) is 96.7 Å². The predicted molar refractivity (Wildman–Crippen MR) is 354 cm³/mol. The number of aliphatic hydroxyl groups is 1. The van der Waals surface area contributed by atoms with Crippen LogP contribution in [0.15, 0.2) is 0 Å². The van der Waals surface area contributed by atoms with E-state index in [4.69, 9.17) is 37.0 Å². The lowest BCUT2D eigenvalue weighted by Crippen LogP contribution is -2.30. The molecule has 0 aromatic rings. The number of rotatable bonds is 67. The summed E-state index contributed by atoms with van der Waals surface area (Å²) in [6.07, 6.45) is 43.4. The molecule has 0 spiro atoms. The van der Waals surface area contributed by atoms with E-state index in [1.54, 1.807) is 0 Å². The number of ether oxygens (including phenoxy) is 4. The maximum absolute atomic E-state index is 13.0. The summed E-state index contributed by atoms with van der Waals surface area (Å²) in [6.45, 7) is 11.7. The minimum atomic E-state index is -4.95. The molecule has 522 valence electrons. The Bertz CT molecular complexity index is 1740. The van der Waals surface area contributed by atoms with Crippen LogP contribution in [0.5, 0.6) is 0 Å². The van der Waals surface area contributed by atoms with E-state index >= 15 is 0 Å². The van der Waals surface area contributed by atoms with Gasteiger partial charge >= 0.3 is 39.5 Å². The number of hydrogen-bond acceptors (Lipinski definition) is 15. The van der Waals surface area contributed by atoms with E-state index in [0.29, 0.717) is 25.7 Å². The third-order valence-corrected chi connectivity index (χ3v) is 18.5. The zero-order valence-electron chi connectivity index (χ0n) is 57.2. The Morgan fingerprint density at radius 2 is 0.580 bits per heavy atom. The van der Waals surface area contributed by atoms with E-state index < -0.39 is 97.5 Å². The summed E-state index contributed by atoms with van der Waals surface area (Å²) in [5, 5.41) is 10.5. The zero-order valence-corrected chi connectivity index (χ0v) is 59.0. The highest BCUT2D eigenvalue weighted by atomic mass is 31.2. The first-order valence-electron chi connectivity index (χ1n) is 35.9. The van der Waals surface area contributed by atoms with Crippen LogP contribution in [0.3, 0.4) is 0 Å². The molecule has 0 fully saturated rings. The van der Waals surface area contributed by atoms with Gasteiger partial charge in [0.2, 0.25) is 0 Å². The number of unbranched alkanes of at least 4 members (excludes halogenated alkanes) is 33. The Labute approximate surface area is 537 Å². The predicted octanol–water partition coefficient (Wildman–Crippen LogP) is 19.5. The first-order chi connectivity index (χ1) is 42.3. The molecule has 0 saturated heterocycles. The molecule has 17 nitrogen and oxygen atoms in total. The Morgan fingerprint density at radius 1 is 0.330 bits per heavy atom. The molecule has 0 aromatic carbocycles. The van der Waals surface area contributed by atoms with Crippen LogP contribution in [0.25, 0.3) is 0 Å². The lowest BCUT2D eigenvalue weighted by atomic mass is 10.00. The molecule has 19 heteroatoms. The SMILES string of the molecule is CCCCCCCCCC(=O)OC[C@H](COP(=O)(O)OC[C@H](O)COP(=O)(O)OC[C@@H](COC(=O)CCCCCCCCC(C)CC)OC(=O)CCCCCCCCCCCCCCCCCCCCC(C)C)OC(=O)CCCCCCCCC(C)CC. The van der Waals surface area contributed by atoms with E-state index in [1.807, 2.05) is 0 Å². The van der Waals surface area contributed by atoms with Gasteiger partial charge in [-0.05, 0) is 43.4 Å². The second kappa shape index (κ2) is 60.0. The largest absolute Gasteiger partial charge is 0.472 e. The normalized spacial score (nSPS) is 14.9. The Kier molecular flexibility index (Phi) is 58.7. The number of aliphatic hydroxyl groups excluding tert-OH is 1. The lowest BCUT2D eigenvalue weighted by Gasteiger charge is -2.21. The molecule has 0 aromatic heterocycles. The number of carbonyl (C=O) groups excluding carboxylic acids is 4. The van der Waals surface area contributed by atoms with Crippen molar-refractivity contribution in [2.24, 2.45) is 17.8 Å². The average Bonchev–Trinajstić information content (AvgIpc) is 3.62. The Balaban J connectivity index is 5.13. The van der Waals surface area contributed by atoms with Crippen LogP contribution in [-0.2, 0) is 65.4 Å². The van der Waals surface area contributed by atoms with Gasteiger partial charge in [-0.1, -0.05) is 292 Å². The van der Waals surface area contributed by atoms with Crippen molar-refractivity contribution in [2.45, 2.75) is 362 Å². The van der Waals surface area contributed by atoms with Gasteiger partial charge in [-0.3, -0.25) is 37.3 Å². The molecule has 0 rings (SSSR count). The van der Waals surface area contributed by atoms with Crippen molar-refractivity contribution in [3.05, 3.63) is 0 Å². The zero-order chi connectivity index (χ0) is 65.2. The highest BCUT2D eigenvalue weighted by Crippen LogP contribution is 2.45. The van der Waals surface area contributed by atoms with E-state index in [0.717, 1.165) is 127 Å². The third-order valence-electron chi connectivity index (χ3n) is 16.6. The minimum Gasteiger partial charge on any atom is -0.462 e. The van der Waals surface area contributed by atoms with Gasteiger partial charge in [-0.2, -0.15) is 0 Å². The first-order valence-corrected chi connectivity index (χ1v) is 38.9. The van der Waals surface area contributed by atoms with Gasteiger partial charge in [0.25, 0.3) is 0 Å². The molecule has 0 aliphatic carbocycles.